The topological polar surface area (TPSA) is 89.4 Å². The fourth-order valence-corrected chi connectivity index (χ4v) is 2.53. The number of nitrogens with one attached hydrogen (secondary N) is 1. The fraction of sp³-hybridized carbons (Fsp3) is 0.118. The van der Waals surface area contributed by atoms with Crippen molar-refractivity contribution in [3.8, 4) is 28.9 Å². The van der Waals surface area contributed by atoms with Gasteiger partial charge in [-0.15, -0.1) is 5.10 Å². The van der Waals surface area contributed by atoms with E-state index >= 15 is 0 Å². The maximum absolute atomic E-state index is 9.49. The molecular formula is C17H14N4O3. The third-order valence-corrected chi connectivity index (χ3v) is 3.71. The van der Waals surface area contributed by atoms with Gasteiger partial charge in [-0.05, 0) is 30.3 Å². The highest BCUT2D eigenvalue weighted by Gasteiger charge is 2.26. The fourth-order valence-electron chi connectivity index (χ4n) is 2.53. The third-order valence-electron chi connectivity index (χ3n) is 3.71. The summed E-state index contributed by atoms with van der Waals surface area (Å²) >= 11 is 0. The van der Waals surface area contributed by atoms with Gasteiger partial charge in [0.15, 0.2) is 11.9 Å². The van der Waals surface area contributed by atoms with Crippen molar-refractivity contribution < 1.29 is 14.6 Å². The zero-order valence-corrected chi connectivity index (χ0v) is 12.8. The van der Waals surface area contributed by atoms with E-state index in [9.17, 15) is 5.11 Å². The van der Waals surface area contributed by atoms with Gasteiger partial charge in [-0.1, -0.05) is 23.3 Å². The van der Waals surface area contributed by atoms with E-state index in [0.717, 1.165) is 16.8 Å². The number of hydrogen-bond donors (Lipinski definition) is 2. The number of ether oxygens (including phenoxy) is 2. The molecular weight excluding hydrogens is 308 g/mol. The lowest BCUT2D eigenvalue weighted by atomic mass is 10.1. The lowest BCUT2D eigenvalue weighted by molar-refractivity contribution is 0.222. The predicted octanol–water partition coefficient (Wildman–Crippen LogP) is 2.76. The molecule has 0 spiro atoms. The number of rotatable bonds is 2. The first-order valence-electron chi connectivity index (χ1n) is 7.35. The van der Waals surface area contributed by atoms with Crippen molar-refractivity contribution in [2.75, 3.05) is 12.4 Å². The molecule has 2 aromatic carbocycles. The molecule has 0 aliphatic carbocycles. The Morgan fingerprint density at radius 2 is 1.88 bits per heavy atom. The molecule has 1 aromatic heterocycles. The molecule has 2 heterocycles. The number of nitrogens with zero attached hydrogens (tertiary/aromatic N) is 3. The zero-order chi connectivity index (χ0) is 16.5. The van der Waals surface area contributed by atoms with E-state index in [2.05, 4.69) is 20.5 Å². The molecule has 2 N–H and O–H groups in total. The largest absolute Gasteiger partial charge is 0.508 e. The quantitative estimate of drug-likeness (QED) is 0.750. The van der Waals surface area contributed by atoms with Crippen LogP contribution in [0.2, 0.25) is 0 Å². The molecule has 1 aliphatic rings. The van der Waals surface area contributed by atoms with Gasteiger partial charge < -0.3 is 19.9 Å². The van der Waals surface area contributed by atoms with Gasteiger partial charge in [0.2, 0.25) is 5.88 Å². The van der Waals surface area contributed by atoms with Gasteiger partial charge in [0.05, 0.1) is 7.11 Å². The van der Waals surface area contributed by atoms with Gasteiger partial charge in [0.1, 0.15) is 5.75 Å². The summed E-state index contributed by atoms with van der Waals surface area (Å²) in [6.07, 6.45) is -0.491. The number of methoxy groups -OCH3 is 1. The van der Waals surface area contributed by atoms with Crippen LogP contribution < -0.4 is 14.8 Å². The number of aromatic nitrogens is 3. The zero-order valence-electron chi connectivity index (χ0n) is 12.8. The van der Waals surface area contributed by atoms with Crippen LogP contribution in [0.1, 0.15) is 11.8 Å². The molecule has 4 rings (SSSR count). The minimum atomic E-state index is -0.491. The van der Waals surface area contributed by atoms with Crippen LogP contribution in [-0.4, -0.2) is 27.4 Å². The Hall–Kier alpha value is -3.35. The van der Waals surface area contributed by atoms with E-state index in [4.69, 9.17) is 9.47 Å². The van der Waals surface area contributed by atoms with Crippen molar-refractivity contribution in [2.24, 2.45) is 0 Å². The van der Waals surface area contributed by atoms with Gasteiger partial charge in [-0.25, -0.2) is 0 Å². The Morgan fingerprint density at radius 1 is 1.08 bits per heavy atom. The molecule has 1 unspecified atom stereocenters. The number of benzene rings is 2. The molecule has 0 fully saturated rings. The lowest BCUT2D eigenvalue weighted by Gasteiger charge is -2.19. The van der Waals surface area contributed by atoms with E-state index in [1.165, 1.54) is 7.11 Å². The molecule has 0 bridgehead atoms. The van der Waals surface area contributed by atoms with Crippen LogP contribution in [-0.2, 0) is 0 Å². The second kappa shape index (κ2) is 5.69. The van der Waals surface area contributed by atoms with Crippen LogP contribution in [0.4, 0.5) is 5.69 Å². The van der Waals surface area contributed by atoms with Gasteiger partial charge in [-0.3, -0.25) is 0 Å². The Kier molecular flexibility index (Phi) is 3.38. The average molecular weight is 322 g/mol. The Bertz CT molecular complexity index is 883. The van der Waals surface area contributed by atoms with Gasteiger partial charge in [0.25, 0.3) is 0 Å². The highest BCUT2D eigenvalue weighted by molar-refractivity contribution is 5.79. The summed E-state index contributed by atoms with van der Waals surface area (Å²) in [5.74, 6) is 0.524. The summed E-state index contributed by atoms with van der Waals surface area (Å²) < 4.78 is 11.1. The SMILES string of the molecule is COc1nnc2c(n1)OC(c1ccc(O)cc1)Nc1ccccc1-2. The molecule has 0 saturated heterocycles. The number of phenolic OH excluding ortho intramolecular Hbond substituents is 1. The van der Waals surface area contributed by atoms with Crippen molar-refractivity contribution in [2.45, 2.75) is 6.23 Å². The first-order valence-corrected chi connectivity index (χ1v) is 7.35. The Labute approximate surface area is 137 Å². The van der Waals surface area contributed by atoms with Crippen molar-refractivity contribution >= 4 is 5.69 Å². The number of hydrogen-bond acceptors (Lipinski definition) is 7. The van der Waals surface area contributed by atoms with E-state index in [0.29, 0.717) is 11.6 Å². The second-order valence-electron chi connectivity index (χ2n) is 5.23. The average Bonchev–Trinajstić information content (AvgIpc) is 2.78. The van der Waals surface area contributed by atoms with Crippen molar-refractivity contribution in [3.05, 3.63) is 54.1 Å². The van der Waals surface area contributed by atoms with Gasteiger partial charge in [0, 0.05) is 16.8 Å². The Balaban J connectivity index is 1.85. The number of phenols is 1. The van der Waals surface area contributed by atoms with Crippen LogP contribution in [0, 0.1) is 0 Å². The minimum Gasteiger partial charge on any atom is -0.508 e. The maximum Gasteiger partial charge on any atom is 0.338 e. The molecule has 1 atom stereocenters. The van der Waals surface area contributed by atoms with E-state index in [1.54, 1.807) is 24.3 Å². The van der Waals surface area contributed by atoms with E-state index < -0.39 is 6.23 Å². The summed E-state index contributed by atoms with van der Waals surface area (Å²) in [7, 11) is 1.48. The van der Waals surface area contributed by atoms with E-state index in [1.807, 2.05) is 24.3 Å². The molecule has 0 radical (unpaired) electrons. The lowest BCUT2D eigenvalue weighted by Crippen LogP contribution is -2.17. The molecule has 120 valence electrons. The smallest absolute Gasteiger partial charge is 0.338 e. The van der Waals surface area contributed by atoms with Crippen LogP contribution in [0.15, 0.2) is 48.5 Å². The third kappa shape index (κ3) is 2.45. The molecule has 24 heavy (non-hydrogen) atoms. The van der Waals surface area contributed by atoms with Gasteiger partial charge in [-0.2, -0.15) is 4.98 Å². The standard InChI is InChI=1S/C17H14N4O3/c1-23-17-19-16-14(20-21-17)12-4-2-3-5-13(12)18-15(24-16)10-6-8-11(22)9-7-10/h2-9,15,18,22H,1H3. The van der Waals surface area contributed by atoms with Crippen LogP contribution >= 0.6 is 0 Å². The predicted molar refractivity (Wildman–Crippen MR) is 86.9 cm³/mol. The molecule has 7 nitrogen and oxygen atoms in total. The normalized spacial score (nSPS) is 15.3. The minimum absolute atomic E-state index is 0.137. The number of fused-ring (bicyclic) bond motifs is 3. The molecule has 7 heteroatoms. The van der Waals surface area contributed by atoms with Crippen molar-refractivity contribution in [1.29, 1.82) is 0 Å². The van der Waals surface area contributed by atoms with Gasteiger partial charge >= 0.3 is 6.01 Å². The van der Waals surface area contributed by atoms with Crippen LogP contribution in [0.5, 0.6) is 17.6 Å². The first-order chi connectivity index (χ1) is 11.7. The summed E-state index contributed by atoms with van der Waals surface area (Å²) in [6, 6.07) is 14.6. The number of para-hydroxylation sites is 1. The maximum atomic E-state index is 9.49. The molecule has 1 aliphatic heterocycles. The van der Waals surface area contributed by atoms with Crippen molar-refractivity contribution in [1.82, 2.24) is 15.2 Å². The highest BCUT2D eigenvalue weighted by atomic mass is 16.5. The number of anilines is 1. The van der Waals surface area contributed by atoms with Crippen LogP contribution in [0.25, 0.3) is 11.3 Å². The van der Waals surface area contributed by atoms with Crippen molar-refractivity contribution in [3.63, 3.8) is 0 Å². The summed E-state index contributed by atoms with van der Waals surface area (Å²) in [5, 5.41) is 20.9. The summed E-state index contributed by atoms with van der Waals surface area (Å²) in [6.45, 7) is 0. The molecule has 0 saturated carbocycles. The highest BCUT2D eigenvalue weighted by Crippen LogP contribution is 2.39. The molecule has 0 amide bonds. The second-order valence-corrected chi connectivity index (χ2v) is 5.23. The monoisotopic (exact) mass is 322 g/mol. The van der Waals surface area contributed by atoms with Crippen LogP contribution in [0.3, 0.4) is 0 Å². The van der Waals surface area contributed by atoms with E-state index in [-0.39, 0.29) is 11.8 Å². The summed E-state index contributed by atoms with van der Waals surface area (Å²) in [5.41, 5.74) is 3.08. The Morgan fingerprint density at radius 3 is 2.67 bits per heavy atom. The first kappa shape index (κ1) is 14.3. The summed E-state index contributed by atoms with van der Waals surface area (Å²) in [4.78, 5) is 4.28. The number of aromatic hydroxyl groups is 1. The molecule has 3 aromatic rings.